The number of Topliss-reactive ketones (excluding diaryl/α,β-unsaturated/α-hetero) is 1. The van der Waals surface area contributed by atoms with Crippen LogP contribution in [0.3, 0.4) is 0 Å². The Kier molecular flexibility index (Phi) is 5.22. The minimum absolute atomic E-state index is 0.00342. The molecule has 0 radical (unpaired) electrons. The standard InChI is InChI=1S/C22H26FNO3/c1-5-9-27-21(26)18-13(2)24-16-11-22(3,4)12-17(25)20(16)19(18)14-7-6-8-15(23)10-14/h6-8,10,19,24H,5,9,11-12H2,1-4H3/t19-/m0/s1. The highest BCUT2D eigenvalue weighted by molar-refractivity contribution is 6.04. The molecule has 0 aromatic heterocycles. The van der Waals surface area contributed by atoms with Crippen LogP contribution in [0.2, 0.25) is 0 Å². The molecule has 3 rings (SSSR count). The van der Waals surface area contributed by atoms with E-state index >= 15 is 0 Å². The SMILES string of the molecule is CCCOC(=O)C1=C(C)NC2=C(C(=O)CC(C)(C)C2)[C@H]1c1cccc(F)c1. The molecule has 1 aliphatic carbocycles. The second-order valence-electron chi connectivity index (χ2n) is 8.12. The molecule has 0 bridgehead atoms. The van der Waals surface area contributed by atoms with Crippen LogP contribution < -0.4 is 5.32 Å². The number of ketones is 1. The Labute approximate surface area is 159 Å². The smallest absolute Gasteiger partial charge is 0.336 e. The molecule has 2 aliphatic rings. The van der Waals surface area contributed by atoms with Gasteiger partial charge in [0.1, 0.15) is 5.82 Å². The van der Waals surface area contributed by atoms with Crippen molar-refractivity contribution >= 4 is 11.8 Å². The number of dihydropyridines is 1. The Morgan fingerprint density at radius 2 is 2.07 bits per heavy atom. The summed E-state index contributed by atoms with van der Waals surface area (Å²) >= 11 is 0. The summed E-state index contributed by atoms with van der Waals surface area (Å²) in [6.07, 6.45) is 1.81. The van der Waals surface area contributed by atoms with Crippen LogP contribution in [-0.2, 0) is 14.3 Å². The highest BCUT2D eigenvalue weighted by Crippen LogP contribution is 2.46. The predicted molar refractivity (Wildman–Crippen MR) is 101 cm³/mol. The molecule has 27 heavy (non-hydrogen) atoms. The second kappa shape index (κ2) is 7.29. The third-order valence-electron chi connectivity index (χ3n) is 5.08. The summed E-state index contributed by atoms with van der Waals surface area (Å²) in [5, 5.41) is 3.27. The molecule has 5 heteroatoms. The number of nitrogens with one attached hydrogen (secondary N) is 1. The monoisotopic (exact) mass is 371 g/mol. The van der Waals surface area contributed by atoms with Crippen molar-refractivity contribution in [2.45, 2.75) is 52.9 Å². The predicted octanol–water partition coefficient (Wildman–Crippen LogP) is 4.38. The Bertz CT molecular complexity index is 851. The third-order valence-corrected chi connectivity index (χ3v) is 5.08. The van der Waals surface area contributed by atoms with E-state index < -0.39 is 17.7 Å². The maximum absolute atomic E-state index is 13.9. The first-order valence-electron chi connectivity index (χ1n) is 9.40. The van der Waals surface area contributed by atoms with Crippen molar-refractivity contribution in [1.29, 1.82) is 0 Å². The van der Waals surface area contributed by atoms with Crippen molar-refractivity contribution in [3.05, 3.63) is 58.2 Å². The molecule has 144 valence electrons. The number of rotatable bonds is 4. The average Bonchev–Trinajstić information content (AvgIpc) is 2.57. The van der Waals surface area contributed by atoms with E-state index in [9.17, 15) is 14.0 Å². The van der Waals surface area contributed by atoms with Gasteiger partial charge in [0.15, 0.2) is 5.78 Å². The highest BCUT2D eigenvalue weighted by atomic mass is 19.1. The summed E-state index contributed by atoms with van der Waals surface area (Å²) in [6.45, 7) is 8.14. The summed E-state index contributed by atoms with van der Waals surface area (Å²) in [6, 6.07) is 6.12. The van der Waals surface area contributed by atoms with Gasteiger partial charge in [-0.2, -0.15) is 0 Å². The van der Waals surface area contributed by atoms with Gasteiger partial charge in [0.25, 0.3) is 0 Å². The van der Waals surface area contributed by atoms with Gasteiger partial charge in [-0.1, -0.05) is 32.9 Å². The lowest BCUT2D eigenvalue weighted by atomic mass is 9.68. The van der Waals surface area contributed by atoms with Crippen molar-refractivity contribution in [1.82, 2.24) is 5.32 Å². The number of halogens is 1. The number of hydrogen-bond donors (Lipinski definition) is 1. The number of ether oxygens (including phenoxy) is 1. The Morgan fingerprint density at radius 3 is 2.74 bits per heavy atom. The van der Waals surface area contributed by atoms with Gasteiger partial charge < -0.3 is 10.1 Å². The molecule has 0 fully saturated rings. The first-order valence-corrected chi connectivity index (χ1v) is 9.40. The zero-order valence-electron chi connectivity index (χ0n) is 16.3. The Hall–Kier alpha value is -2.43. The van der Waals surface area contributed by atoms with E-state index in [0.29, 0.717) is 48.3 Å². The van der Waals surface area contributed by atoms with E-state index in [-0.39, 0.29) is 11.2 Å². The van der Waals surface area contributed by atoms with Gasteiger partial charge in [-0.25, -0.2) is 9.18 Å². The fourth-order valence-corrected chi connectivity index (χ4v) is 4.00. The molecule has 0 amide bonds. The maximum atomic E-state index is 13.9. The fraction of sp³-hybridized carbons (Fsp3) is 0.455. The minimum Gasteiger partial charge on any atom is -0.462 e. The van der Waals surface area contributed by atoms with Gasteiger partial charge in [0.05, 0.1) is 12.2 Å². The van der Waals surface area contributed by atoms with Gasteiger partial charge in [-0.15, -0.1) is 0 Å². The molecule has 0 saturated heterocycles. The summed E-state index contributed by atoms with van der Waals surface area (Å²) < 4.78 is 19.3. The summed E-state index contributed by atoms with van der Waals surface area (Å²) in [5.74, 6) is -1.46. The van der Waals surface area contributed by atoms with E-state index in [1.54, 1.807) is 12.1 Å². The lowest BCUT2D eigenvalue weighted by Gasteiger charge is -2.39. The van der Waals surface area contributed by atoms with Gasteiger partial charge >= 0.3 is 5.97 Å². The zero-order valence-corrected chi connectivity index (χ0v) is 16.3. The van der Waals surface area contributed by atoms with E-state index in [1.165, 1.54) is 12.1 Å². The molecule has 4 nitrogen and oxygen atoms in total. The number of carbonyl (C=O) groups excluding carboxylic acids is 2. The highest BCUT2D eigenvalue weighted by Gasteiger charge is 2.43. The average molecular weight is 371 g/mol. The van der Waals surface area contributed by atoms with E-state index in [0.717, 1.165) is 5.70 Å². The van der Waals surface area contributed by atoms with E-state index in [2.05, 4.69) is 19.2 Å². The Morgan fingerprint density at radius 1 is 1.33 bits per heavy atom. The summed E-state index contributed by atoms with van der Waals surface area (Å²) in [4.78, 5) is 25.8. The van der Waals surface area contributed by atoms with Crippen molar-refractivity contribution in [3.8, 4) is 0 Å². The number of benzene rings is 1. The maximum Gasteiger partial charge on any atom is 0.336 e. The number of carbonyl (C=O) groups is 2. The van der Waals surface area contributed by atoms with Gasteiger partial charge in [-0.3, -0.25) is 4.79 Å². The van der Waals surface area contributed by atoms with Crippen LogP contribution in [0.1, 0.15) is 58.4 Å². The van der Waals surface area contributed by atoms with Crippen molar-refractivity contribution in [3.63, 3.8) is 0 Å². The van der Waals surface area contributed by atoms with Gasteiger partial charge in [-0.05, 0) is 42.9 Å². The van der Waals surface area contributed by atoms with Crippen LogP contribution in [0.25, 0.3) is 0 Å². The lowest BCUT2D eigenvalue weighted by Crippen LogP contribution is -2.38. The number of allylic oxidation sites excluding steroid dienone is 3. The number of esters is 1. The van der Waals surface area contributed by atoms with Crippen LogP contribution in [0.5, 0.6) is 0 Å². The molecule has 1 aliphatic heterocycles. The molecule has 1 atom stereocenters. The topological polar surface area (TPSA) is 55.4 Å². The first-order chi connectivity index (χ1) is 12.7. The zero-order chi connectivity index (χ0) is 19.8. The van der Waals surface area contributed by atoms with Crippen LogP contribution in [0, 0.1) is 11.2 Å². The Balaban J connectivity index is 2.14. The molecule has 1 aromatic rings. The van der Waals surface area contributed by atoms with Crippen LogP contribution in [0.4, 0.5) is 4.39 Å². The first kappa shape index (κ1) is 19.3. The number of hydrogen-bond acceptors (Lipinski definition) is 4. The third kappa shape index (κ3) is 3.82. The van der Waals surface area contributed by atoms with Crippen molar-refractivity contribution < 1.29 is 18.7 Å². The van der Waals surface area contributed by atoms with E-state index in [1.807, 2.05) is 13.8 Å². The van der Waals surface area contributed by atoms with E-state index in [4.69, 9.17) is 4.74 Å². The fourth-order valence-electron chi connectivity index (χ4n) is 4.00. The summed E-state index contributed by atoms with van der Waals surface area (Å²) in [7, 11) is 0. The normalized spacial score (nSPS) is 21.7. The van der Waals surface area contributed by atoms with Crippen LogP contribution in [0.15, 0.2) is 46.8 Å². The molecule has 0 spiro atoms. The van der Waals surface area contributed by atoms with Crippen LogP contribution >= 0.6 is 0 Å². The molecular weight excluding hydrogens is 345 g/mol. The lowest BCUT2D eigenvalue weighted by molar-refractivity contribution is -0.139. The quantitative estimate of drug-likeness (QED) is 0.798. The minimum atomic E-state index is -0.607. The molecule has 1 N–H and O–H groups in total. The van der Waals surface area contributed by atoms with Crippen molar-refractivity contribution in [2.24, 2.45) is 5.41 Å². The van der Waals surface area contributed by atoms with Crippen LogP contribution in [-0.4, -0.2) is 18.4 Å². The summed E-state index contributed by atoms with van der Waals surface area (Å²) in [5.41, 5.74) is 2.88. The van der Waals surface area contributed by atoms with Gasteiger partial charge in [0, 0.05) is 29.3 Å². The van der Waals surface area contributed by atoms with Crippen molar-refractivity contribution in [2.75, 3.05) is 6.61 Å². The van der Waals surface area contributed by atoms with Gasteiger partial charge in [0.2, 0.25) is 0 Å². The largest absolute Gasteiger partial charge is 0.462 e. The molecule has 1 aromatic carbocycles. The molecule has 1 heterocycles. The second-order valence-corrected chi connectivity index (χ2v) is 8.12. The molecule has 0 unspecified atom stereocenters. The molecular formula is C22H26FNO3. The molecule has 0 saturated carbocycles.